The molecule has 1 N–H and O–H groups in total. The number of halogens is 1. The average Bonchev–Trinajstić information content (AvgIpc) is 3.18. The number of hydrogen-bond acceptors (Lipinski definition) is 2. The van der Waals surface area contributed by atoms with E-state index >= 15 is 0 Å². The van der Waals surface area contributed by atoms with E-state index in [-0.39, 0.29) is 11.7 Å². The van der Waals surface area contributed by atoms with Gasteiger partial charge in [-0.05, 0) is 30.4 Å². The SMILES string of the molecule is CC(C)NCC(COCC1CC1)c1ccccc1F. The van der Waals surface area contributed by atoms with Gasteiger partial charge in [-0.2, -0.15) is 0 Å². The standard InChI is InChI=1S/C16H24FNO/c1-12(2)18-9-14(11-19-10-13-7-8-13)15-5-3-4-6-16(15)17/h3-6,12-14,18H,7-11H2,1-2H3. The maximum atomic E-state index is 13.9. The van der Waals surface area contributed by atoms with Gasteiger partial charge in [0.05, 0.1) is 6.61 Å². The molecular weight excluding hydrogens is 241 g/mol. The molecule has 0 aromatic heterocycles. The highest BCUT2D eigenvalue weighted by molar-refractivity contribution is 5.22. The fourth-order valence-electron chi connectivity index (χ4n) is 2.10. The molecule has 0 radical (unpaired) electrons. The monoisotopic (exact) mass is 265 g/mol. The molecule has 0 amide bonds. The Morgan fingerprint density at radius 3 is 2.68 bits per heavy atom. The van der Waals surface area contributed by atoms with E-state index in [0.717, 1.165) is 24.6 Å². The van der Waals surface area contributed by atoms with Crippen LogP contribution in [0.15, 0.2) is 24.3 Å². The van der Waals surface area contributed by atoms with Crippen molar-refractivity contribution >= 4 is 0 Å². The predicted molar refractivity (Wildman–Crippen MR) is 75.8 cm³/mol. The molecule has 1 aromatic carbocycles. The summed E-state index contributed by atoms with van der Waals surface area (Å²) in [5, 5.41) is 3.38. The fourth-order valence-corrected chi connectivity index (χ4v) is 2.10. The molecule has 0 spiro atoms. The van der Waals surface area contributed by atoms with E-state index in [4.69, 9.17) is 4.74 Å². The van der Waals surface area contributed by atoms with E-state index in [2.05, 4.69) is 19.2 Å². The maximum Gasteiger partial charge on any atom is 0.126 e. The van der Waals surface area contributed by atoms with Crippen LogP contribution < -0.4 is 5.32 Å². The first-order valence-electron chi connectivity index (χ1n) is 7.22. The summed E-state index contributed by atoms with van der Waals surface area (Å²) in [6, 6.07) is 7.41. The Labute approximate surface area is 115 Å². The molecular formula is C16H24FNO. The van der Waals surface area contributed by atoms with Crippen LogP contribution in [-0.4, -0.2) is 25.8 Å². The summed E-state index contributed by atoms with van der Waals surface area (Å²) in [4.78, 5) is 0. The van der Waals surface area contributed by atoms with Gasteiger partial charge in [-0.15, -0.1) is 0 Å². The third-order valence-electron chi connectivity index (χ3n) is 3.49. The van der Waals surface area contributed by atoms with Gasteiger partial charge in [0.2, 0.25) is 0 Å². The summed E-state index contributed by atoms with van der Waals surface area (Å²) < 4.78 is 19.6. The summed E-state index contributed by atoms with van der Waals surface area (Å²) in [5.74, 6) is 0.703. The predicted octanol–water partition coefficient (Wildman–Crippen LogP) is 3.33. The van der Waals surface area contributed by atoms with Gasteiger partial charge in [-0.3, -0.25) is 0 Å². The first kappa shape index (κ1) is 14.5. The molecule has 1 saturated carbocycles. The fraction of sp³-hybridized carbons (Fsp3) is 0.625. The van der Waals surface area contributed by atoms with Crippen molar-refractivity contribution in [3.8, 4) is 0 Å². The van der Waals surface area contributed by atoms with Gasteiger partial charge in [0.15, 0.2) is 0 Å². The topological polar surface area (TPSA) is 21.3 Å². The Kier molecular flexibility index (Phi) is 5.34. The highest BCUT2D eigenvalue weighted by atomic mass is 19.1. The van der Waals surface area contributed by atoms with Crippen molar-refractivity contribution in [3.05, 3.63) is 35.6 Å². The summed E-state index contributed by atoms with van der Waals surface area (Å²) in [6.07, 6.45) is 2.57. The summed E-state index contributed by atoms with van der Waals surface area (Å²) in [5.41, 5.74) is 0.756. The number of benzene rings is 1. The second kappa shape index (κ2) is 7.01. The average molecular weight is 265 g/mol. The molecule has 1 aromatic rings. The summed E-state index contributed by atoms with van der Waals surface area (Å²) in [7, 11) is 0. The molecule has 1 unspecified atom stereocenters. The molecule has 2 nitrogen and oxygen atoms in total. The Hall–Kier alpha value is -0.930. The summed E-state index contributed by atoms with van der Waals surface area (Å²) in [6.45, 7) is 6.37. The molecule has 1 aliphatic rings. The second-order valence-corrected chi connectivity index (χ2v) is 5.76. The minimum absolute atomic E-state index is 0.0855. The Morgan fingerprint density at radius 2 is 2.05 bits per heavy atom. The molecule has 0 heterocycles. The van der Waals surface area contributed by atoms with Crippen LogP contribution >= 0.6 is 0 Å². The van der Waals surface area contributed by atoms with Crippen molar-refractivity contribution in [3.63, 3.8) is 0 Å². The molecule has 0 bridgehead atoms. The molecule has 19 heavy (non-hydrogen) atoms. The summed E-state index contributed by atoms with van der Waals surface area (Å²) >= 11 is 0. The quantitative estimate of drug-likeness (QED) is 0.778. The molecule has 3 heteroatoms. The van der Waals surface area contributed by atoms with E-state index in [1.54, 1.807) is 6.07 Å². The van der Waals surface area contributed by atoms with Crippen LogP contribution in [0.5, 0.6) is 0 Å². The van der Waals surface area contributed by atoms with Crippen LogP contribution in [0.1, 0.15) is 38.2 Å². The van der Waals surface area contributed by atoms with Crippen LogP contribution in [0.4, 0.5) is 4.39 Å². The number of nitrogens with one attached hydrogen (secondary N) is 1. The molecule has 0 aliphatic heterocycles. The first-order valence-corrected chi connectivity index (χ1v) is 7.22. The van der Waals surface area contributed by atoms with Gasteiger partial charge in [0.25, 0.3) is 0 Å². The minimum Gasteiger partial charge on any atom is -0.380 e. The van der Waals surface area contributed by atoms with E-state index < -0.39 is 0 Å². The van der Waals surface area contributed by atoms with Crippen molar-refractivity contribution in [1.82, 2.24) is 5.32 Å². The van der Waals surface area contributed by atoms with Gasteiger partial charge in [0, 0.05) is 25.1 Å². The van der Waals surface area contributed by atoms with Gasteiger partial charge in [0.1, 0.15) is 5.82 Å². The lowest BCUT2D eigenvalue weighted by atomic mass is 9.99. The lowest BCUT2D eigenvalue weighted by molar-refractivity contribution is 0.109. The zero-order valence-electron chi connectivity index (χ0n) is 11.9. The zero-order valence-corrected chi connectivity index (χ0v) is 11.9. The van der Waals surface area contributed by atoms with Crippen LogP contribution in [0, 0.1) is 11.7 Å². The van der Waals surface area contributed by atoms with Crippen LogP contribution in [-0.2, 0) is 4.74 Å². The van der Waals surface area contributed by atoms with Crippen molar-refractivity contribution in [2.75, 3.05) is 19.8 Å². The molecule has 1 atom stereocenters. The van der Waals surface area contributed by atoms with Gasteiger partial charge >= 0.3 is 0 Å². The van der Waals surface area contributed by atoms with E-state index in [9.17, 15) is 4.39 Å². The van der Waals surface area contributed by atoms with Crippen molar-refractivity contribution in [2.45, 2.75) is 38.6 Å². The molecule has 1 fully saturated rings. The van der Waals surface area contributed by atoms with Gasteiger partial charge in [-0.25, -0.2) is 4.39 Å². The van der Waals surface area contributed by atoms with E-state index in [1.807, 2.05) is 12.1 Å². The lowest BCUT2D eigenvalue weighted by Gasteiger charge is -2.20. The molecule has 0 saturated heterocycles. The number of hydrogen-bond donors (Lipinski definition) is 1. The molecule has 2 rings (SSSR count). The largest absolute Gasteiger partial charge is 0.380 e. The van der Waals surface area contributed by atoms with Crippen molar-refractivity contribution in [2.24, 2.45) is 5.92 Å². The number of ether oxygens (including phenoxy) is 1. The third kappa shape index (κ3) is 4.92. The van der Waals surface area contributed by atoms with Gasteiger partial charge < -0.3 is 10.1 Å². The Balaban J connectivity index is 1.93. The second-order valence-electron chi connectivity index (χ2n) is 5.76. The maximum absolute atomic E-state index is 13.9. The van der Waals surface area contributed by atoms with Crippen LogP contribution in [0.2, 0.25) is 0 Å². The van der Waals surface area contributed by atoms with Crippen molar-refractivity contribution in [1.29, 1.82) is 0 Å². The zero-order chi connectivity index (χ0) is 13.7. The first-order chi connectivity index (χ1) is 9.16. The highest BCUT2D eigenvalue weighted by Crippen LogP contribution is 2.29. The highest BCUT2D eigenvalue weighted by Gasteiger charge is 2.22. The van der Waals surface area contributed by atoms with E-state index in [0.29, 0.717) is 12.6 Å². The third-order valence-corrected chi connectivity index (χ3v) is 3.49. The van der Waals surface area contributed by atoms with E-state index in [1.165, 1.54) is 18.9 Å². The Morgan fingerprint density at radius 1 is 1.32 bits per heavy atom. The van der Waals surface area contributed by atoms with Gasteiger partial charge in [-0.1, -0.05) is 32.0 Å². The Bertz CT molecular complexity index is 390. The molecule has 106 valence electrons. The normalized spacial score (nSPS) is 16.8. The van der Waals surface area contributed by atoms with Crippen LogP contribution in [0.25, 0.3) is 0 Å². The van der Waals surface area contributed by atoms with Crippen LogP contribution in [0.3, 0.4) is 0 Å². The van der Waals surface area contributed by atoms with Crippen molar-refractivity contribution < 1.29 is 9.13 Å². The lowest BCUT2D eigenvalue weighted by Crippen LogP contribution is -2.30. The number of rotatable bonds is 8. The smallest absolute Gasteiger partial charge is 0.126 e. The molecule has 1 aliphatic carbocycles. The minimum atomic E-state index is -0.131.